The van der Waals surface area contributed by atoms with Gasteiger partial charge in [0.25, 0.3) is 0 Å². The molecule has 0 saturated heterocycles. The Balaban J connectivity index is 0.000000433. The van der Waals surface area contributed by atoms with Crippen LogP contribution in [0.15, 0.2) is 29.0 Å². The van der Waals surface area contributed by atoms with Crippen LogP contribution in [0.1, 0.15) is 10.4 Å². The zero-order valence-electron chi connectivity index (χ0n) is 11.9. The van der Waals surface area contributed by atoms with E-state index in [1.807, 2.05) is 0 Å². The Morgan fingerprint density at radius 1 is 1.26 bits per heavy atom. The van der Waals surface area contributed by atoms with Crippen molar-refractivity contribution in [1.29, 1.82) is 0 Å². The lowest BCUT2D eigenvalue weighted by atomic mass is 10.2. The first kappa shape index (κ1) is 20.4. The van der Waals surface area contributed by atoms with Gasteiger partial charge in [0, 0.05) is 7.05 Å². The van der Waals surface area contributed by atoms with Gasteiger partial charge in [-0.2, -0.15) is 0 Å². The van der Waals surface area contributed by atoms with Gasteiger partial charge < -0.3 is 35.7 Å². The van der Waals surface area contributed by atoms with Crippen LogP contribution >= 0.6 is 7.75 Å². The number of carbonyl (C=O) groups is 2. The molecule has 0 saturated carbocycles. The fraction of sp³-hybridized carbons (Fsp3) is 0.182. The molecule has 1 rings (SSSR count). The molecule has 12 heteroatoms. The Labute approximate surface area is 130 Å². The van der Waals surface area contributed by atoms with E-state index < -0.39 is 32.2 Å². The van der Waals surface area contributed by atoms with E-state index in [4.69, 9.17) is 30.8 Å². The average molecular weight is 349 g/mol. The zero-order chi connectivity index (χ0) is 18.2. The second kappa shape index (κ2) is 8.73. The maximum absolute atomic E-state index is 10.3. The monoisotopic (exact) mass is 349 g/mol. The van der Waals surface area contributed by atoms with Crippen LogP contribution in [0.4, 0.5) is 0 Å². The first-order valence-corrected chi connectivity index (χ1v) is 7.36. The standard InChI is InChI=1S/C7H6O3.C4H10N3O5P/c8-6-4-2-1-3-5(6)7(9)10;1-7(2-3(8)9)4(5)6-13(10,11)12/h1-4,8H,(H,9,10);2H2,1H3,(H,8,9)(H4,5,6,10,11,12). The highest BCUT2D eigenvalue weighted by Crippen LogP contribution is 2.35. The molecule has 0 amide bonds. The van der Waals surface area contributed by atoms with Crippen molar-refractivity contribution in [3.63, 3.8) is 0 Å². The molecule has 23 heavy (non-hydrogen) atoms. The van der Waals surface area contributed by atoms with Gasteiger partial charge in [0.1, 0.15) is 17.9 Å². The van der Waals surface area contributed by atoms with Gasteiger partial charge in [-0.05, 0) is 12.1 Å². The molecule has 1 aromatic carbocycles. The summed E-state index contributed by atoms with van der Waals surface area (Å²) in [5.74, 6) is -3.00. The van der Waals surface area contributed by atoms with Crippen molar-refractivity contribution in [3.05, 3.63) is 29.8 Å². The highest BCUT2D eigenvalue weighted by atomic mass is 31.2. The van der Waals surface area contributed by atoms with Crippen LogP contribution in [0, 0.1) is 0 Å². The Morgan fingerprint density at radius 3 is 2.13 bits per heavy atom. The van der Waals surface area contributed by atoms with Gasteiger partial charge in [0.15, 0.2) is 0 Å². The molecule has 0 fully saturated rings. The lowest BCUT2D eigenvalue weighted by Crippen LogP contribution is -2.37. The van der Waals surface area contributed by atoms with E-state index in [0.717, 1.165) is 4.90 Å². The first-order valence-electron chi connectivity index (χ1n) is 5.79. The summed E-state index contributed by atoms with van der Waals surface area (Å²) in [7, 11) is -3.34. The summed E-state index contributed by atoms with van der Waals surface area (Å²) in [6.45, 7) is -0.477. The van der Waals surface area contributed by atoms with E-state index in [1.165, 1.54) is 19.2 Å². The van der Waals surface area contributed by atoms with Crippen molar-refractivity contribution in [1.82, 2.24) is 4.90 Å². The number of phenols is 1. The number of rotatable bonds is 4. The lowest BCUT2D eigenvalue weighted by molar-refractivity contribution is -0.137. The number of aromatic hydroxyl groups is 1. The van der Waals surface area contributed by atoms with Crippen LogP contribution in [0.25, 0.3) is 0 Å². The molecular formula is C11H16N3O8P. The number of para-hydroxylation sites is 1. The Bertz CT molecular complexity index is 642. The summed E-state index contributed by atoms with van der Waals surface area (Å²) >= 11 is 0. The van der Waals surface area contributed by atoms with Crippen LogP contribution in [-0.4, -0.2) is 61.5 Å². The molecule has 0 aromatic heterocycles. The first-order chi connectivity index (χ1) is 10.4. The van der Waals surface area contributed by atoms with Crippen molar-refractivity contribution in [2.75, 3.05) is 13.6 Å². The van der Waals surface area contributed by atoms with Crippen molar-refractivity contribution < 1.29 is 39.3 Å². The number of carboxylic acid groups (broad SMARTS) is 2. The summed E-state index contributed by atoms with van der Waals surface area (Å²) < 4.78 is 13.1. The maximum atomic E-state index is 10.3. The SMILES string of the molecule is CN(CC(=O)O)/C(N)=N/P(=O)(O)O.O=C(O)c1ccccc1O. The molecule has 0 radical (unpaired) electrons. The molecule has 0 atom stereocenters. The molecule has 0 bridgehead atoms. The smallest absolute Gasteiger partial charge is 0.451 e. The minimum absolute atomic E-state index is 0.0671. The normalized spacial score (nSPS) is 11.2. The molecule has 0 spiro atoms. The number of nitrogens with zero attached hydrogens (tertiary/aromatic N) is 2. The second-order valence-corrected chi connectivity index (χ2v) is 5.27. The topological polar surface area (TPSA) is 194 Å². The van der Waals surface area contributed by atoms with Gasteiger partial charge >= 0.3 is 19.7 Å². The van der Waals surface area contributed by atoms with Crippen LogP contribution in [0.2, 0.25) is 0 Å². The highest BCUT2D eigenvalue weighted by molar-refractivity contribution is 7.50. The number of likely N-dealkylation sites (N-methyl/N-ethyl adjacent to an activating group) is 1. The summed E-state index contributed by atoms with van der Waals surface area (Å²) in [6, 6.07) is 5.81. The lowest BCUT2D eigenvalue weighted by Gasteiger charge is -2.14. The Hall–Kier alpha value is -2.62. The van der Waals surface area contributed by atoms with E-state index in [9.17, 15) is 14.2 Å². The summed E-state index contributed by atoms with van der Waals surface area (Å²) in [6.07, 6.45) is 0. The number of nitrogens with two attached hydrogens (primary N) is 1. The van der Waals surface area contributed by atoms with Crippen molar-refractivity contribution >= 4 is 25.6 Å². The van der Waals surface area contributed by atoms with Crippen LogP contribution in [0.5, 0.6) is 5.75 Å². The zero-order valence-corrected chi connectivity index (χ0v) is 12.8. The number of aromatic carboxylic acids is 1. The van der Waals surface area contributed by atoms with Gasteiger partial charge in [-0.15, -0.1) is 4.76 Å². The number of guanidine groups is 1. The van der Waals surface area contributed by atoms with Crippen molar-refractivity contribution in [2.45, 2.75) is 0 Å². The van der Waals surface area contributed by atoms with Gasteiger partial charge in [-0.25, -0.2) is 9.36 Å². The Kier molecular flexibility index (Phi) is 7.74. The molecular weight excluding hydrogens is 333 g/mol. The third-order valence-corrected chi connectivity index (χ3v) is 2.60. The van der Waals surface area contributed by atoms with E-state index >= 15 is 0 Å². The van der Waals surface area contributed by atoms with E-state index in [-0.39, 0.29) is 11.3 Å². The molecule has 0 aliphatic heterocycles. The summed E-state index contributed by atoms with van der Waals surface area (Å²) in [4.78, 5) is 38.0. The van der Waals surface area contributed by atoms with Crippen molar-refractivity contribution in [3.8, 4) is 5.75 Å². The van der Waals surface area contributed by atoms with Crippen LogP contribution in [0.3, 0.4) is 0 Å². The fourth-order valence-electron chi connectivity index (χ4n) is 1.15. The molecule has 0 aliphatic carbocycles. The van der Waals surface area contributed by atoms with Gasteiger partial charge in [-0.3, -0.25) is 4.79 Å². The van der Waals surface area contributed by atoms with Gasteiger partial charge in [-0.1, -0.05) is 12.1 Å². The average Bonchev–Trinajstić information content (AvgIpc) is 2.36. The highest BCUT2D eigenvalue weighted by Gasteiger charge is 2.14. The number of hydrogen-bond donors (Lipinski definition) is 6. The number of benzene rings is 1. The largest absolute Gasteiger partial charge is 0.507 e. The predicted molar refractivity (Wildman–Crippen MR) is 79.0 cm³/mol. The maximum Gasteiger partial charge on any atom is 0.451 e. The minimum Gasteiger partial charge on any atom is -0.507 e. The number of aliphatic carboxylic acids is 1. The number of hydrogen-bond acceptors (Lipinski definition) is 4. The molecule has 7 N–H and O–H groups in total. The molecule has 0 aliphatic rings. The third kappa shape index (κ3) is 9.09. The number of carboxylic acids is 2. The van der Waals surface area contributed by atoms with Crippen molar-refractivity contribution in [2.24, 2.45) is 10.5 Å². The summed E-state index contributed by atoms with van der Waals surface area (Å²) in [5, 5.41) is 25.6. The van der Waals surface area contributed by atoms with Gasteiger partial charge in [0.05, 0.1) is 0 Å². The molecule has 11 nitrogen and oxygen atoms in total. The second-order valence-electron chi connectivity index (χ2n) is 4.04. The molecule has 1 aromatic rings. The molecule has 0 heterocycles. The Morgan fingerprint density at radius 2 is 1.78 bits per heavy atom. The predicted octanol–water partition coefficient (Wildman–Crippen LogP) is -0.499. The van der Waals surface area contributed by atoms with Gasteiger partial charge in [0.2, 0.25) is 5.96 Å². The summed E-state index contributed by atoms with van der Waals surface area (Å²) in [5.41, 5.74) is 5.00. The van der Waals surface area contributed by atoms with Crippen LogP contribution in [-0.2, 0) is 9.36 Å². The molecule has 128 valence electrons. The minimum atomic E-state index is -4.59. The quantitative estimate of drug-likeness (QED) is 0.234. The van der Waals surface area contributed by atoms with E-state index in [1.54, 1.807) is 12.1 Å². The van der Waals surface area contributed by atoms with E-state index in [0.29, 0.717) is 0 Å². The molecule has 0 unspecified atom stereocenters. The third-order valence-electron chi connectivity index (χ3n) is 2.13. The van der Waals surface area contributed by atoms with Crippen LogP contribution < -0.4 is 5.73 Å². The van der Waals surface area contributed by atoms with E-state index in [2.05, 4.69) is 4.76 Å². The fourth-order valence-corrected chi connectivity index (χ4v) is 1.57.